The van der Waals surface area contributed by atoms with Crippen LogP contribution in [-0.2, 0) is 5.60 Å². The summed E-state index contributed by atoms with van der Waals surface area (Å²) in [6, 6.07) is 8.90. The van der Waals surface area contributed by atoms with Gasteiger partial charge in [0.05, 0.1) is 17.6 Å². The van der Waals surface area contributed by atoms with Crippen molar-refractivity contribution < 1.29 is 27.9 Å². The highest BCUT2D eigenvalue weighted by atomic mass is 19.4. The maximum atomic E-state index is 13.6. The van der Waals surface area contributed by atoms with Crippen molar-refractivity contribution >= 4 is 5.69 Å². The Balaban J connectivity index is 2.78. The molecule has 2 aromatic carbocycles. The van der Waals surface area contributed by atoms with E-state index in [1.807, 2.05) is 0 Å². The first kappa shape index (κ1) is 16.8. The number of benzene rings is 2. The van der Waals surface area contributed by atoms with Gasteiger partial charge in [0.1, 0.15) is 5.75 Å². The van der Waals surface area contributed by atoms with Crippen LogP contribution in [-0.4, -0.2) is 23.3 Å². The van der Waals surface area contributed by atoms with E-state index in [2.05, 4.69) is 0 Å². The van der Waals surface area contributed by atoms with Gasteiger partial charge in [-0.2, -0.15) is 13.2 Å². The molecule has 8 heteroatoms. The molecule has 0 radical (unpaired) electrons. The summed E-state index contributed by atoms with van der Waals surface area (Å²) < 4.78 is 45.8. The Bertz CT molecular complexity index is 733. The molecule has 0 bridgehead atoms. The van der Waals surface area contributed by atoms with Crippen molar-refractivity contribution in [2.24, 2.45) is 0 Å². The van der Waals surface area contributed by atoms with Crippen LogP contribution in [0.1, 0.15) is 11.1 Å². The molecule has 0 fully saturated rings. The molecule has 0 amide bonds. The highest BCUT2D eigenvalue weighted by Crippen LogP contribution is 2.47. The van der Waals surface area contributed by atoms with Crippen LogP contribution in [0.2, 0.25) is 0 Å². The summed E-state index contributed by atoms with van der Waals surface area (Å²) in [5.41, 5.74) is -5.79. The zero-order valence-corrected chi connectivity index (χ0v) is 11.9. The van der Waals surface area contributed by atoms with Crippen molar-refractivity contribution in [1.82, 2.24) is 0 Å². The molecule has 0 saturated heterocycles. The number of nitro benzene ring substituents is 1. The van der Waals surface area contributed by atoms with E-state index >= 15 is 0 Å². The fourth-order valence-electron chi connectivity index (χ4n) is 2.26. The van der Waals surface area contributed by atoms with Gasteiger partial charge in [-0.3, -0.25) is 10.1 Å². The number of para-hydroxylation sites is 1. The maximum Gasteiger partial charge on any atom is 0.426 e. The lowest BCUT2D eigenvalue weighted by molar-refractivity contribution is -0.388. The van der Waals surface area contributed by atoms with E-state index in [1.54, 1.807) is 0 Å². The quantitative estimate of drug-likeness (QED) is 0.690. The molecule has 0 aliphatic rings. The Morgan fingerprint density at radius 2 is 1.78 bits per heavy atom. The topological polar surface area (TPSA) is 72.6 Å². The molecule has 0 spiro atoms. The fraction of sp³-hybridized carbons (Fsp3) is 0.200. The largest absolute Gasteiger partial charge is 0.497 e. The van der Waals surface area contributed by atoms with Crippen LogP contribution in [0, 0.1) is 10.1 Å². The number of hydrogen-bond acceptors (Lipinski definition) is 4. The summed E-state index contributed by atoms with van der Waals surface area (Å²) in [4.78, 5) is 10.1. The lowest BCUT2D eigenvalue weighted by Gasteiger charge is -2.31. The van der Waals surface area contributed by atoms with E-state index in [-0.39, 0.29) is 5.75 Å². The van der Waals surface area contributed by atoms with Gasteiger partial charge in [0.15, 0.2) is 0 Å². The molecule has 0 aromatic heterocycles. The van der Waals surface area contributed by atoms with Gasteiger partial charge in [0.25, 0.3) is 5.69 Å². The number of methoxy groups -OCH3 is 1. The number of rotatable bonds is 4. The van der Waals surface area contributed by atoms with Crippen molar-refractivity contribution in [2.45, 2.75) is 11.8 Å². The average molecular weight is 327 g/mol. The second-order valence-electron chi connectivity index (χ2n) is 4.71. The molecule has 0 heterocycles. The van der Waals surface area contributed by atoms with Crippen LogP contribution in [0.25, 0.3) is 0 Å². The highest BCUT2D eigenvalue weighted by molar-refractivity contribution is 5.51. The molecular weight excluding hydrogens is 315 g/mol. The molecule has 2 aromatic rings. The molecule has 0 aliphatic carbocycles. The summed E-state index contributed by atoms with van der Waals surface area (Å²) in [7, 11) is 1.26. The monoisotopic (exact) mass is 327 g/mol. The second-order valence-corrected chi connectivity index (χ2v) is 4.71. The molecule has 2 rings (SSSR count). The van der Waals surface area contributed by atoms with Crippen LogP contribution in [0.4, 0.5) is 18.9 Å². The van der Waals surface area contributed by atoms with Gasteiger partial charge in [0, 0.05) is 11.6 Å². The van der Waals surface area contributed by atoms with Crippen molar-refractivity contribution in [1.29, 1.82) is 0 Å². The van der Waals surface area contributed by atoms with Gasteiger partial charge in [0.2, 0.25) is 5.60 Å². The molecule has 5 nitrogen and oxygen atoms in total. The Labute approximate surface area is 129 Å². The fourth-order valence-corrected chi connectivity index (χ4v) is 2.26. The third-order valence-electron chi connectivity index (χ3n) is 3.39. The maximum absolute atomic E-state index is 13.6. The minimum Gasteiger partial charge on any atom is -0.497 e. The molecule has 23 heavy (non-hydrogen) atoms. The molecule has 1 unspecified atom stereocenters. The van der Waals surface area contributed by atoms with Gasteiger partial charge in [-0.15, -0.1) is 0 Å². The van der Waals surface area contributed by atoms with Crippen LogP contribution >= 0.6 is 0 Å². The number of aliphatic hydroxyl groups is 1. The SMILES string of the molecule is COc1cccc(C(O)(c2ccccc2[N+](=O)[O-])C(F)(F)F)c1. The normalized spacial score (nSPS) is 14.1. The molecular formula is C15H12F3NO4. The Kier molecular flexibility index (Phi) is 4.28. The van der Waals surface area contributed by atoms with Crippen molar-refractivity contribution in [3.05, 3.63) is 69.8 Å². The Morgan fingerprint density at radius 3 is 2.35 bits per heavy atom. The first-order valence-corrected chi connectivity index (χ1v) is 6.39. The Morgan fingerprint density at radius 1 is 1.13 bits per heavy atom. The molecule has 0 aliphatic heterocycles. The van der Waals surface area contributed by atoms with E-state index in [9.17, 15) is 28.4 Å². The van der Waals surface area contributed by atoms with E-state index in [0.29, 0.717) is 0 Å². The number of alkyl halides is 3. The summed E-state index contributed by atoms with van der Waals surface area (Å²) >= 11 is 0. The van der Waals surface area contributed by atoms with Gasteiger partial charge in [-0.05, 0) is 18.2 Å². The third-order valence-corrected chi connectivity index (χ3v) is 3.39. The zero-order valence-electron chi connectivity index (χ0n) is 11.9. The predicted octanol–water partition coefficient (Wildman–Crippen LogP) is 3.40. The molecule has 1 atom stereocenters. The summed E-state index contributed by atoms with van der Waals surface area (Å²) in [6.45, 7) is 0. The molecule has 1 N–H and O–H groups in total. The van der Waals surface area contributed by atoms with Crippen LogP contribution in [0.3, 0.4) is 0 Å². The lowest BCUT2D eigenvalue weighted by atomic mass is 9.84. The summed E-state index contributed by atoms with van der Waals surface area (Å²) in [5, 5.41) is 21.5. The molecule has 122 valence electrons. The minimum atomic E-state index is -5.18. The number of hydrogen-bond donors (Lipinski definition) is 1. The highest BCUT2D eigenvalue weighted by Gasteiger charge is 2.58. The van der Waals surface area contributed by atoms with E-state index in [0.717, 1.165) is 24.3 Å². The molecule has 0 saturated carbocycles. The van der Waals surface area contributed by atoms with Gasteiger partial charge >= 0.3 is 6.18 Å². The summed E-state index contributed by atoms with van der Waals surface area (Å²) in [5.74, 6) is 0.0868. The zero-order chi connectivity index (χ0) is 17.3. The van der Waals surface area contributed by atoms with Crippen molar-refractivity contribution in [2.75, 3.05) is 7.11 Å². The third kappa shape index (κ3) is 2.85. The van der Waals surface area contributed by atoms with E-state index < -0.39 is 33.5 Å². The van der Waals surface area contributed by atoms with E-state index in [1.165, 1.54) is 31.4 Å². The van der Waals surface area contributed by atoms with Crippen molar-refractivity contribution in [3.8, 4) is 5.75 Å². The first-order valence-electron chi connectivity index (χ1n) is 6.39. The number of nitro groups is 1. The number of ether oxygens (including phenoxy) is 1. The van der Waals surface area contributed by atoms with Crippen molar-refractivity contribution in [3.63, 3.8) is 0 Å². The van der Waals surface area contributed by atoms with Crippen LogP contribution in [0.15, 0.2) is 48.5 Å². The van der Waals surface area contributed by atoms with Crippen LogP contribution < -0.4 is 4.74 Å². The minimum absolute atomic E-state index is 0.0868. The lowest BCUT2D eigenvalue weighted by Crippen LogP contribution is -2.43. The van der Waals surface area contributed by atoms with E-state index in [4.69, 9.17) is 4.74 Å². The number of nitrogens with zero attached hydrogens (tertiary/aromatic N) is 1. The smallest absolute Gasteiger partial charge is 0.426 e. The standard InChI is InChI=1S/C15H12F3NO4/c1-23-11-6-4-5-10(9-11)14(20,15(16,17)18)12-7-2-3-8-13(12)19(21)22/h2-9,20H,1H3. The first-order chi connectivity index (χ1) is 10.7. The summed E-state index contributed by atoms with van der Waals surface area (Å²) in [6.07, 6.45) is -5.18. The van der Waals surface area contributed by atoms with Crippen LogP contribution in [0.5, 0.6) is 5.75 Å². The van der Waals surface area contributed by atoms with Gasteiger partial charge < -0.3 is 9.84 Å². The Hall–Kier alpha value is -2.61. The van der Waals surface area contributed by atoms with Gasteiger partial charge in [-0.1, -0.05) is 24.3 Å². The average Bonchev–Trinajstić information content (AvgIpc) is 2.53. The second kappa shape index (κ2) is 5.88. The predicted molar refractivity (Wildman–Crippen MR) is 75.1 cm³/mol. The number of halogens is 3. The van der Waals surface area contributed by atoms with Gasteiger partial charge in [-0.25, -0.2) is 0 Å².